The number of hydrogen-bond donors (Lipinski definition) is 1. The smallest absolute Gasteiger partial charge is 0.339 e. The van der Waals surface area contributed by atoms with E-state index in [2.05, 4.69) is 42.4 Å². The van der Waals surface area contributed by atoms with Gasteiger partial charge < -0.3 is 4.18 Å². The van der Waals surface area contributed by atoms with Crippen LogP contribution in [0.2, 0.25) is 5.02 Å². The predicted octanol–water partition coefficient (Wildman–Crippen LogP) is 5.40. The van der Waals surface area contributed by atoms with Crippen LogP contribution in [0.5, 0.6) is 5.75 Å². The summed E-state index contributed by atoms with van der Waals surface area (Å²) in [6.07, 6.45) is 1.41. The molecule has 0 atom stereocenters. The van der Waals surface area contributed by atoms with E-state index in [1.54, 1.807) is 48.5 Å². The van der Waals surface area contributed by atoms with Gasteiger partial charge in [-0.05, 0) is 79.9 Å². The minimum Gasteiger partial charge on any atom is -0.377 e. The van der Waals surface area contributed by atoms with Gasteiger partial charge in [-0.1, -0.05) is 35.9 Å². The van der Waals surface area contributed by atoms with Gasteiger partial charge in [0.25, 0.3) is 5.91 Å². The molecular formula is C20H13Br2ClN2O4S. The average Bonchev–Trinajstić information content (AvgIpc) is 2.71. The number of carbonyl (C=O) groups excluding carboxylic acids is 1. The molecule has 0 spiro atoms. The van der Waals surface area contributed by atoms with E-state index in [4.69, 9.17) is 15.8 Å². The second-order valence-electron chi connectivity index (χ2n) is 5.87. The first-order chi connectivity index (χ1) is 14.3. The van der Waals surface area contributed by atoms with Gasteiger partial charge in [0.05, 0.1) is 15.2 Å². The molecule has 10 heteroatoms. The molecule has 0 bridgehead atoms. The fourth-order valence-electron chi connectivity index (χ4n) is 2.34. The molecular weight excluding hydrogens is 560 g/mol. The molecule has 0 aliphatic heterocycles. The highest BCUT2D eigenvalue weighted by Crippen LogP contribution is 2.36. The molecule has 0 saturated carbocycles. The van der Waals surface area contributed by atoms with Crippen LogP contribution in [0.15, 0.2) is 85.7 Å². The summed E-state index contributed by atoms with van der Waals surface area (Å²) in [5.74, 6) is -0.320. The Morgan fingerprint density at radius 3 is 2.30 bits per heavy atom. The van der Waals surface area contributed by atoms with Crippen molar-refractivity contribution in [1.29, 1.82) is 0 Å². The normalized spacial score (nSPS) is 11.4. The summed E-state index contributed by atoms with van der Waals surface area (Å²) < 4.78 is 30.9. The lowest BCUT2D eigenvalue weighted by molar-refractivity contribution is 0.0955. The van der Waals surface area contributed by atoms with Crippen molar-refractivity contribution in [3.05, 3.63) is 91.8 Å². The Bertz CT molecular complexity index is 1200. The minimum atomic E-state index is -3.99. The Balaban J connectivity index is 1.74. The molecule has 1 N–H and O–H groups in total. The molecule has 0 fully saturated rings. The molecule has 0 unspecified atom stereocenters. The summed E-state index contributed by atoms with van der Waals surface area (Å²) in [5, 5.41) is 4.36. The van der Waals surface area contributed by atoms with Crippen LogP contribution in [0.25, 0.3) is 0 Å². The van der Waals surface area contributed by atoms with Crippen molar-refractivity contribution in [1.82, 2.24) is 5.43 Å². The van der Waals surface area contributed by atoms with E-state index in [1.165, 1.54) is 24.4 Å². The zero-order valence-electron chi connectivity index (χ0n) is 15.1. The van der Waals surface area contributed by atoms with Crippen molar-refractivity contribution in [3.8, 4) is 5.75 Å². The molecule has 0 heterocycles. The number of nitrogens with one attached hydrogen (secondary N) is 1. The maximum atomic E-state index is 12.4. The summed E-state index contributed by atoms with van der Waals surface area (Å²) in [6.45, 7) is 0. The first-order valence-corrected chi connectivity index (χ1v) is 11.7. The Hall–Kier alpha value is -2.20. The summed E-state index contributed by atoms with van der Waals surface area (Å²) in [7, 11) is -3.99. The SMILES string of the molecule is O=C(N/N=C\c1cc(Br)c(OS(=O)(=O)c2ccccc2)c(Br)c1)c1cccc(Cl)c1. The molecule has 0 aromatic heterocycles. The van der Waals surface area contributed by atoms with Gasteiger partial charge in [-0.2, -0.15) is 13.5 Å². The van der Waals surface area contributed by atoms with Crippen LogP contribution in [-0.2, 0) is 10.1 Å². The number of halogens is 3. The van der Waals surface area contributed by atoms with E-state index in [-0.39, 0.29) is 10.6 Å². The van der Waals surface area contributed by atoms with Gasteiger partial charge in [-0.3, -0.25) is 4.79 Å². The first kappa shape index (κ1) is 22.5. The molecule has 3 aromatic rings. The first-order valence-electron chi connectivity index (χ1n) is 8.34. The van der Waals surface area contributed by atoms with Crippen LogP contribution >= 0.6 is 43.5 Å². The topological polar surface area (TPSA) is 84.8 Å². The van der Waals surface area contributed by atoms with Crippen molar-refractivity contribution in [2.45, 2.75) is 4.90 Å². The number of benzene rings is 3. The van der Waals surface area contributed by atoms with Gasteiger partial charge in [0, 0.05) is 10.6 Å². The lowest BCUT2D eigenvalue weighted by Gasteiger charge is -2.11. The molecule has 30 heavy (non-hydrogen) atoms. The molecule has 3 aromatic carbocycles. The molecule has 0 aliphatic carbocycles. The zero-order chi connectivity index (χ0) is 21.7. The van der Waals surface area contributed by atoms with Crippen molar-refractivity contribution >= 4 is 65.7 Å². The van der Waals surface area contributed by atoms with E-state index in [0.29, 0.717) is 25.1 Å². The van der Waals surface area contributed by atoms with Crippen LogP contribution in [0, 0.1) is 0 Å². The van der Waals surface area contributed by atoms with Gasteiger partial charge in [-0.15, -0.1) is 0 Å². The third-order valence-corrected chi connectivity index (χ3v) is 6.36. The monoisotopic (exact) mass is 570 g/mol. The van der Waals surface area contributed by atoms with Crippen LogP contribution < -0.4 is 9.61 Å². The van der Waals surface area contributed by atoms with Gasteiger partial charge in [-0.25, -0.2) is 5.43 Å². The van der Waals surface area contributed by atoms with Gasteiger partial charge in [0.2, 0.25) is 0 Å². The fourth-order valence-corrected chi connectivity index (χ4v) is 5.11. The third-order valence-electron chi connectivity index (χ3n) is 3.71. The van der Waals surface area contributed by atoms with E-state index < -0.39 is 16.0 Å². The quantitative estimate of drug-likeness (QED) is 0.244. The van der Waals surface area contributed by atoms with Crippen LogP contribution in [0.4, 0.5) is 0 Å². The Morgan fingerprint density at radius 2 is 1.67 bits per heavy atom. The van der Waals surface area contributed by atoms with E-state index >= 15 is 0 Å². The summed E-state index contributed by atoms with van der Waals surface area (Å²) in [6, 6.07) is 17.5. The lowest BCUT2D eigenvalue weighted by atomic mass is 10.2. The maximum absolute atomic E-state index is 12.4. The molecule has 0 aliphatic rings. The highest BCUT2D eigenvalue weighted by molar-refractivity contribution is 9.11. The van der Waals surface area contributed by atoms with E-state index in [0.717, 1.165) is 0 Å². The zero-order valence-corrected chi connectivity index (χ0v) is 19.8. The third kappa shape index (κ3) is 5.69. The molecule has 0 radical (unpaired) electrons. The largest absolute Gasteiger partial charge is 0.377 e. The lowest BCUT2D eigenvalue weighted by Crippen LogP contribution is -2.17. The number of nitrogens with zero attached hydrogens (tertiary/aromatic N) is 1. The van der Waals surface area contributed by atoms with Crippen LogP contribution in [-0.4, -0.2) is 20.5 Å². The number of hydrogen-bond acceptors (Lipinski definition) is 5. The minimum absolute atomic E-state index is 0.0400. The Labute approximate surface area is 195 Å². The number of carbonyl (C=O) groups is 1. The number of hydrazone groups is 1. The number of rotatable bonds is 6. The van der Waals surface area contributed by atoms with Gasteiger partial charge in [0.15, 0.2) is 5.75 Å². The van der Waals surface area contributed by atoms with Crippen LogP contribution in [0.1, 0.15) is 15.9 Å². The van der Waals surface area contributed by atoms with Gasteiger partial charge in [0.1, 0.15) is 4.90 Å². The number of amides is 1. The Kier molecular flexibility index (Phi) is 7.30. The summed E-state index contributed by atoms with van der Waals surface area (Å²) >= 11 is 12.5. The fraction of sp³-hybridized carbons (Fsp3) is 0. The molecule has 1 amide bonds. The Morgan fingerprint density at radius 1 is 1.00 bits per heavy atom. The standard InChI is InChI=1S/C20H13Br2ClN2O4S/c21-17-9-13(12-24-25-20(26)14-5-4-6-15(23)11-14)10-18(22)19(17)29-30(27,28)16-7-2-1-3-8-16/h1-12H,(H,25,26)/b24-12-. The summed E-state index contributed by atoms with van der Waals surface area (Å²) in [5.41, 5.74) is 3.36. The van der Waals surface area contributed by atoms with Gasteiger partial charge >= 0.3 is 10.1 Å². The van der Waals surface area contributed by atoms with Crippen molar-refractivity contribution < 1.29 is 17.4 Å². The van der Waals surface area contributed by atoms with Crippen molar-refractivity contribution in [3.63, 3.8) is 0 Å². The van der Waals surface area contributed by atoms with Crippen molar-refractivity contribution in [2.75, 3.05) is 0 Å². The van der Waals surface area contributed by atoms with E-state index in [9.17, 15) is 13.2 Å². The predicted molar refractivity (Wildman–Crippen MR) is 123 cm³/mol. The highest BCUT2D eigenvalue weighted by Gasteiger charge is 2.20. The second kappa shape index (κ2) is 9.74. The second-order valence-corrected chi connectivity index (χ2v) is 9.57. The highest BCUT2D eigenvalue weighted by atomic mass is 79.9. The molecule has 154 valence electrons. The molecule has 6 nitrogen and oxygen atoms in total. The van der Waals surface area contributed by atoms with E-state index in [1.807, 2.05) is 0 Å². The maximum Gasteiger partial charge on any atom is 0.339 e. The van der Waals surface area contributed by atoms with Crippen LogP contribution in [0.3, 0.4) is 0 Å². The molecule has 3 rings (SSSR count). The summed E-state index contributed by atoms with van der Waals surface area (Å²) in [4.78, 5) is 12.1. The van der Waals surface area contributed by atoms with Crippen molar-refractivity contribution in [2.24, 2.45) is 5.10 Å². The molecule has 0 saturated heterocycles. The average molecular weight is 573 g/mol.